The van der Waals surface area contributed by atoms with Crippen LogP contribution in [0.25, 0.3) is 0 Å². The average Bonchev–Trinajstić information content (AvgIpc) is 3.48. The minimum Gasteiger partial charge on any atom is -0.493 e. The number of rotatable bonds is 14. The zero-order valence-corrected chi connectivity index (χ0v) is 25.5. The number of thioether (sulfide) groups is 1. The first kappa shape index (κ1) is 31.1. The molecule has 4 rings (SSSR count). The van der Waals surface area contributed by atoms with Crippen LogP contribution in [0.15, 0.2) is 53.4 Å². The lowest BCUT2D eigenvalue weighted by Gasteiger charge is -2.21. The number of halogens is 1. The Morgan fingerprint density at radius 1 is 0.878 bits per heavy atom. The van der Waals surface area contributed by atoms with Crippen LogP contribution in [0.4, 0.5) is 0 Å². The van der Waals surface area contributed by atoms with Crippen molar-refractivity contribution < 1.29 is 33.6 Å². The summed E-state index contributed by atoms with van der Waals surface area (Å²) in [5.41, 5.74) is 5.69. The van der Waals surface area contributed by atoms with Crippen LogP contribution < -0.4 is 29.1 Å². The standard InChI is InChI=1S/C30H37ClN2O7S/c1-33(34)32-18-21-14-19(15-26(35-2)29(21)39-12-13-41-23-8-6-22(31)7-9-23)24-10-11-25(40-24)20-16-27(36-3)30(38-5)28(17-20)37-4/h6-9,14-17,24-25,32,34H,10-13,18H2,1-5H3. The zero-order valence-electron chi connectivity index (χ0n) is 23.9. The summed E-state index contributed by atoms with van der Waals surface area (Å²) in [5.74, 6) is 3.70. The molecule has 0 radical (unpaired) electrons. The first-order valence-electron chi connectivity index (χ1n) is 13.2. The van der Waals surface area contributed by atoms with Gasteiger partial charge in [-0.3, -0.25) is 5.21 Å². The summed E-state index contributed by atoms with van der Waals surface area (Å²) < 4.78 is 35.1. The summed E-state index contributed by atoms with van der Waals surface area (Å²) in [6.45, 7) is 0.800. The van der Waals surface area contributed by atoms with Crippen molar-refractivity contribution >= 4 is 23.4 Å². The molecule has 0 aliphatic carbocycles. The Morgan fingerprint density at radius 2 is 1.44 bits per heavy atom. The van der Waals surface area contributed by atoms with E-state index < -0.39 is 0 Å². The third-order valence-corrected chi connectivity index (χ3v) is 7.96. The van der Waals surface area contributed by atoms with Crippen LogP contribution >= 0.6 is 23.4 Å². The Balaban J connectivity index is 1.52. The quantitative estimate of drug-likeness (QED) is 0.121. The molecule has 0 bridgehead atoms. The third kappa shape index (κ3) is 7.91. The third-order valence-electron chi connectivity index (χ3n) is 6.73. The maximum atomic E-state index is 9.74. The monoisotopic (exact) mass is 604 g/mol. The van der Waals surface area contributed by atoms with Crippen LogP contribution in [0.3, 0.4) is 0 Å². The maximum absolute atomic E-state index is 9.74. The Labute approximate surface area is 250 Å². The number of hydroxylamine groups is 1. The fourth-order valence-corrected chi connectivity index (χ4v) is 5.62. The maximum Gasteiger partial charge on any atom is 0.203 e. The lowest BCUT2D eigenvalue weighted by molar-refractivity contribution is -0.114. The van der Waals surface area contributed by atoms with Crippen molar-refractivity contribution in [1.82, 2.24) is 10.6 Å². The molecule has 222 valence electrons. The van der Waals surface area contributed by atoms with Crippen molar-refractivity contribution in [2.75, 3.05) is 47.8 Å². The van der Waals surface area contributed by atoms with Crippen molar-refractivity contribution in [1.29, 1.82) is 0 Å². The lowest BCUT2D eigenvalue weighted by Crippen LogP contribution is -2.30. The van der Waals surface area contributed by atoms with E-state index in [-0.39, 0.29) is 12.2 Å². The van der Waals surface area contributed by atoms with Crippen LogP contribution in [0.2, 0.25) is 5.02 Å². The molecule has 1 aliphatic heterocycles. The van der Waals surface area contributed by atoms with Gasteiger partial charge in [-0.1, -0.05) is 11.6 Å². The van der Waals surface area contributed by atoms with Gasteiger partial charge in [0.25, 0.3) is 0 Å². The predicted molar refractivity (Wildman–Crippen MR) is 159 cm³/mol. The second-order valence-corrected chi connectivity index (χ2v) is 11.0. The van der Waals surface area contributed by atoms with Gasteiger partial charge in [-0.15, -0.1) is 16.9 Å². The molecule has 2 atom stereocenters. The molecular formula is C30H37ClN2O7S. The van der Waals surface area contributed by atoms with Crippen LogP contribution in [-0.2, 0) is 11.3 Å². The van der Waals surface area contributed by atoms with Crippen LogP contribution in [0.1, 0.15) is 41.7 Å². The molecule has 1 aliphatic rings. The van der Waals surface area contributed by atoms with E-state index >= 15 is 0 Å². The summed E-state index contributed by atoms with van der Waals surface area (Å²) in [6, 6.07) is 15.6. The highest BCUT2D eigenvalue weighted by molar-refractivity contribution is 7.99. The molecule has 11 heteroatoms. The van der Waals surface area contributed by atoms with E-state index in [4.69, 9.17) is 40.0 Å². The number of methoxy groups -OCH3 is 4. The molecule has 3 aromatic carbocycles. The second kappa shape index (κ2) is 14.9. The normalized spacial score (nSPS) is 16.6. The number of nitrogens with one attached hydrogen (secondary N) is 1. The Hall–Kier alpha value is -2.86. The average molecular weight is 605 g/mol. The van der Waals surface area contributed by atoms with Gasteiger partial charge in [-0.05, 0) is 72.5 Å². The minimum absolute atomic E-state index is 0.148. The fourth-order valence-electron chi connectivity index (χ4n) is 4.76. The molecule has 1 fully saturated rings. The van der Waals surface area contributed by atoms with Gasteiger partial charge in [0.15, 0.2) is 23.0 Å². The van der Waals surface area contributed by atoms with Crippen LogP contribution in [0.5, 0.6) is 28.7 Å². The van der Waals surface area contributed by atoms with Gasteiger partial charge in [-0.25, -0.2) is 5.43 Å². The van der Waals surface area contributed by atoms with E-state index in [1.54, 1.807) is 40.2 Å². The molecule has 3 aromatic rings. The van der Waals surface area contributed by atoms with E-state index in [1.807, 2.05) is 48.5 Å². The zero-order chi connectivity index (χ0) is 29.4. The van der Waals surface area contributed by atoms with Gasteiger partial charge in [0.1, 0.15) is 0 Å². The first-order valence-corrected chi connectivity index (χ1v) is 14.6. The summed E-state index contributed by atoms with van der Waals surface area (Å²) in [7, 11) is 7.93. The topological polar surface area (TPSA) is 90.9 Å². The largest absolute Gasteiger partial charge is 0.493 e. The Bertz CT molecular complexity index is 1270. The fraction of sp³-hybridized carbons (Fsp3) is 0.400. The van der Waals surface area contributed by atoms with Gasteiger partial charge in [-0.2, -0.15) is 0 Å². The molecule has 1 saturated heterocycles. The van der Waals surface area contributed by atoms with Crippen molar-refractivity contribution in [3.05, 3.63) is 70.2 Å². The predicted octanol–water partition coefficient (Wildman–Crippen LogP) is 6.46. The van der Waals surface area contributed by atoms with E-state index in [0.717, 1.165) is 45.4 Å². The molecule has 0 saturated carbocycles. The van der Waals surface area contributed by atoms with E-state index in [0.29, 0.717) is 46.9 Å². The highest BCUT2D eigenvalue weighted by atomic mass is 35.5. The van der Waals surface area contributed by atoms with Gasteiger partial charge >= 0.3 is 0 Å². The van der Waals surface area contributed by atoms with Gasteiger partial charge in [0, 0.05) is 34.8 Å². The number of hydrazine groups is 1. The summed E-state index contributed by atoms with van der Waals surface area (Å²) in [6.07, 6.45) is 1.33. The number of ether oxygens (including phenoxy) is 6. The van der Waals surface area contributed by atoms with Gasteiger partial charge in [0.2, 0.25) is 5.75 Å². The van der Waals surface area contributed by atoms with Crippen molar-refractivity contribution in [2.24, 2.45) is 0 Å². The van der Waals surface area contributed by atoms with Gasteiger partial charge < -0.3 is 28.4 Å². The molecule has 2 N–H and O–H groups in total. The second-order valence-electron chi connectivity index (χ2n) is 9.37. The lowest BCUT2D eigenvalue weighted by atomic mass is 10.0. The summed E-state index contributed by atoms with van der Waals surface area (Å²) in [5, 5.41) is 11.4. The molecule has 9 nitrogen and oxygen atoms in total. The Morgan fingerprint density at radius 3 is 1.98 bits per heavy atom. The number of nitrogens with zero attached hydrogens (tertiary/aromatic N) is 1. The summed E-state index contributed by atoms with van der Waals surface area (Å²) in [4.78, 5) is 1.11. The van der Waals surface area contributed by atoms with Crippen LogP contribution in [0, 0.1) is 0 Å². The molecule has 41 heavy (non-hydrogen) atoms. The number of hydrogen-bond acceptors (Lipinski definition) is 10. The van der Waals surface area contributed by atoms with Crippen LogP contribution in [-0.4, -0.2) is 58.2 Å². The summed E-state index contributed by atoms with van der Waals surface area (Å²) >= 11 is 7.67. The van der Waals surface area contributed by atoms with Gasteiger partial charge in [0.05, 0.1) is 47.3 Å². The highest BCUT2D eigenvalue weighted by Crippen LogP contribution is 2.47. The van der Waals surface area contributed by atoms with Crippen molar-refractivity contribution in [2.45, 2.75) is 36.5 Å². The molecule has 1 heterocycles. The van der Waals surface area contributed by atoms with E-state index in [9.17, 15) is 5.21 Å². The highest BCUT2D eigenvalue weighted by Gasteiger charge is 2.31. The van der Waals surface area contributed by atoms with E-state index in [2.05, 4.69) is 5.43 Å². The van der Waals surface area contributed by atoms with Crippen molar-refractivity contribution in [3.63, 3.8) is 0 Å². The number of hydrogen-bond donors (Lipinski definition) is 2. The molecule has 0 aromatic heterocycles. The smallest absolute Gasteiger partial charge is 0.203 e. The molecule has 2 unspecified atom stereocenters. The SMILES string of the molecule is COc1cc(C2CCC(c3cc(OC)c(OC)c(OC)c3)O2)cc(CNN(C)O)c1OCCSc1ccc(Cl)cc1. The molecule has 0 spiro atoms. The molecule has 0 amide bonds. The van der Waals surface area contributed by atoms with E-state index in [1.165, 1.54) is 7.05 Å². The molecular weight excluding hydrogens is 568 g/mol. The first-order chi connectivity index (χ1) is 19.9. The Kier molecular flexibility index (Phi) is 11.3. The minimum atomic E-state index is -0.159. The van der Waals surface area contributed by atoms with Crippen molar-refractivity contribution in [3.8, 4) is 28.7 Å². The number of benzene rings is 3.